The number of hydrogen-bond donors (Lipinski definition) is 0. The van der Waals surface area contributed by atoms with Gasteiger partial charge in [-0.1, -0.05) is 0 Å². The van der Waals surface area contributed by atoms with E-state index in [-0.39, 0.29) is 11.6 Å². The highest BCUT2D eigenvalue weighted by molar-refractivity contribution is 5.98. The van der Waals surface area contributed by atoms with Gasteiger partial charge in [-0.15, -0.1) is 0 Å². The summed E-state index contributed by atoms with van der Waals surface area (Å²) >= 11 is 0. The van der Waals surface area contributed by atoms with Crippen molar-refractivity contribution in [1.82, 2.24) is 4.57 Å². The van der Waals surface area contributed by atoms with E-state index in [9.17, 15) is 22.4 Å². The zero-order valence-corrected chi connectivity index (χ0v) is 14.5. The molecule has 0 bridgehead atoms. The third kappa shape index (κ3) is 3.60. The van der Waals surface area contributed by atoms with Crippen molar-refractivity contribution >= 4 is 5.78 Å². The Hall–Kier alpha value is -3.03. The monoisotopic (exact) mass is 381 g/mol. The van der Waals surface area contributed by atoms with Crippen molar-refractivity contribution in [3.63, 3.8) is 0 Å². The van der Waals surface area contributed by atoms with E-state index >= 15 is 0 Å². The van der Waals surface area contributed by atoms with Gasteiger partial charge < -0.3 is 13.7 Å². The predicted molar refractivity (Wildman–Crippen MR) is 87.8 cm³/mol. The van der Waals surface area contributed by atoms with Crippen LogP contribution in [0.2, 0.25) is 0 Å². The van der Waals surface area contributed by atoms with E-state index in [0.29, 0.717) is 18.0 Å². The van der Waals surface area contributed by atoms with Crippen LogP contribution in [0.5, 0.6) is 5.75 Å². The molecule has 0 aliphatic carbocycles. The summed E-state index contributed by atoms with van der Waals surface area (Å²) in [6.45, 7) is 3.11. The van der Waals surface area contributed by atoms with E-state index < -0.39 is 41.4 Å². The number of ether oxygens (including phenoxy) is 1. The molecule has 2 heterocycles. The number of benzene rings is 1. The molecule has 0 aliphatic rings. The molecule has 1 aromatic carbocycles. The van der Waals surface area contributed by atoms with Crippen molar-refractivity contribution in [3.05, 3.63) is 76.5 Å². The second-order valence-corrected chi connectivity index (χ2v) is 5.96. The zero-order valence-electron chi connectivity index (χ0n) is 14.5. The van der Waals surface area contributed by atoms with Crippen molar-refractivity contribution in [2.45, 2.75) is 20.4 Å². The first-order chi connectivity index (χ1) is 12.8. The third-order valence-electron chi connectivity index (χ3n) is 4.19. The van der Waals surface area contributed by atoms with Crippen LogP contribution < -0.4 is 4.74 Å². The molecule has 2 aromatic heterocycles. The molecule has 27 heavy (non-hydrogen) atoms. The lowest BCUT2D eigenvalue weighted by Gasteiger charge is -2.10. The Labute approximate surface area is 152 Å². The topological polar surface area (TPSA) is 44.4 Å². The van der Waals surface area contributed by atoms with Gasteiger partial charge in [-0.2, -0.15) is 8.78 Å². The molecule has 0 aliphatic heterocycles. The maximum Gasteiger partial charge on any atom is 0.203 e. The first-order valence-electron chi connectivity index (χ1n) is 7.97. The first kappa shape index (κ1) is 18.8. The molecule has 0 spiro atoms. The summed E-state index contributed by atoms with van der Waals surface area (Å²) in [5.41, 5.74) is 1.64. The predicted octanol–water partition coefficient (Wildman–Crippen LogP) is 4.56. The summed E-state index contributed by atoms with van der Waals surface area (Å²) < 4.78 is 65.5. The van der Waals surface area contributed by atoms with Crippen LogP contribution in [0, 0.1) is 37.1 Å². The minimum absolute atomic E-state index is 0.0710. The highest BCUT2D eigenvalue weighted by Gasteiger charge is 2.23. The second kappa shape index (κ2) is 7.30. The van der Waals surface area contributed by atoms with Gasteiger partial charge in [-0.25, -0.2) is 8.78 Å². The maximum absolute atomic E-state index is 13.6. The lowest BCUT2D eigenvalue weighted by Crippen LogP contribution is -2.15. The van der Waals surface area contributed by atoms with Gasteiger partial charge in [0.15, 0.2) is 24.0 Å². The molecule has 0 amide bonds. The zero-order chi connectivity index (χ0) is 19.7. The molecule has 0 fully saturated rings. The first-order valence-corrected chi connectivity index (χ1v) is 7.97. The number of nitrogens with zero attached hydrogens (tertiary/aromatic N) is 1. The Morgan fingerprint density at radius 3 is 2.37 bits per heavy atom. The highest BCUT2D eigenvalue weighted by atomic mass is 19.2. The van der Waals surface area contributed by atoms with Crippen LogP contribution in [-0.2, 0) is 6.54 Å². The quantitative estimate of drug-likeness (QED) is 0.357. The summed E-state index contributed by atoms with van der Waals surface area (Å²) in [6, 6.07) is 5.20. The summed E-state index contributed by atoms with van der Waals surface area (Å²) in [7, 11) is 0. The molecular formula is C19H15F4NO3. The number of rotatable bonds is 6. The molecule has 4 nitrogen and oxygen atoms in total. The van der Waals surface area contributed by atoms with Crippen LogP contribution in [0.25, 0.3) is 0 Å². The number of aryl methyl sites for hydroxylation is 1. The molecule has 0 radical (unpaired) electrons. The minimum atomic E-state index is -1.69. The van der Waals surface area contributed by atoms with Crippen molar-refractivity contribution < 1.29 is 31.5 Å². The van der Waals surface area contributed by atoms with Gasteiger partial charge in [0.25, 0.3) is 0 Å². The van der Waals surface area contributed by atoms with E-state index in [4.69, 9.17) is 9.15 Å². The SMILES string of the molecule is Cc1cc(C(=O)COc2c(F)c(F)cc(F)c2F)c(C)n1Cc1ccco1. The average Bonchev–Trinajstić information content (AvgIpc) is 3.23. The second-order valence-electron chi connectivity index (χ2n) is 5.96. The Bertz CT molecular complexity index is 967. The standard InChI is InChI=1S/C19H15F4NO3/c1-10-6-13(11(2)24(10)8-12-4-3-5-26-12)16(25)9-27-19-17(22)14(20)7-15(21)18(19)23/h3-7H,8-9H2,1-2H3. The number of ketones is 1. The molecule has 8 heteroatoms. The molecule has 142 valence electrons. The van der Waals surface area contributed by atoms with Gasteiger partial charge in [-0.3, -0.25) is 4.79 Å². The lowest BCUT2D eigenvalue weighted by molar-refractivity contribution is 0.0913. The van der Waals surface area contributed by atoms with Crippen LogP contribution in [0.15, 0.2) is 34.9 Å². The molecule has 0 saturated carbocycles. The Balaban J connectivity index is 1.80. The molecule has 0 unspecified atom stereocenters. The van der Waals surface area contributed by atoms with Gasteiger partial charge in [0.2, 0.25) is 17.4 Å². The van der Waals surface area contributed by atoms with Crippen LogP contribution in [0.1, 0.15) is 27.5 Å². The Kier molecular flexibility index (Phi) is 5.07. The molecule has 0 atom stereocenters. The average molecular weight is 381 g/mol. The van der Waals surface area contributed by atoms with E-state index in [0.717, 1.165) is 5.69 Å². The van der Waals surface area contributed by atoms with Gasteiger partial charge in [0, 0.05) is 23.0 Å². The lowest BCUT2D eigenvalue weighted by atomic mass is 10.1. The molecule has 0 N–H and O–H groups in total. The summed E-state index contributed by atoms with van der Waals surface area (Å²) in [5, 5.41) is 0. The van der Waals surface area contributed by atoms with E-state index in [1.807, 2.05) is 4.57 Å². The minimum Gasteiger partial charge on any atom is -0.479 e. The number of carbonyl (C=O) groups is 1. The Morgan fingerprint density at radius 1 is 1.11 bits per heavy atom. The van der Waals surface area contributed by atoms with Gasteiger partial charge >= 0.3 is 0 Å². The van der Waals surface area contributed by atoms with Crippen LogP contribution in [0.4, 0.5) is 17.6 Å². The fourth-order valence-electron chi connectivity index (χ4n) is 2.78. The number of furan rings is 1. The van der Waals surface area contributed by atoms with Crippen molar-refractivity contribution in [2.24, 2.45) is 0 Å². The summed E-state index contributed by atoms with van der Waals surface area (Å²) in [6.07, 6.45) is 1.53. The molecular weight excluding hydrogens is 366 g/mol. The number of aromatic nitrogens is 1. The fraction of sp³-hybridized carbons (Fsp3) is 0.211. The van der Waals surface area contributed by atoms with E-state index in [2.05, 4.69) is 0 Å². The number of hydrogen-bond acceptors (Lipinski definition) is 3. The van der Waals surface area contributed by atoms with Crippen LogP contribution >= 0.6 is 0 Å². The van der Waals surface area contributed by atoms with E-state index in [1.165, 1.54) is 6.26 Å². The number of carbonyl (C=O) groups excluding carboxylic acids is 1. The van der Waals surface area contributed by atoms with Crippen molar-refractivity contribution in [2.75, 3.05) is 6.61 Å². The number of Topliss-reactive ketones (excluding diaryl/α,β-unsaturated/α-hetero) is 1. The van der Waals surface area contributed by atoms with Gasteiger partial charge in [0.1, 0.15) is 5.76 Å². The smallest absolute Gasteiger partial charge is 0.203 e. The van der Waals surface area contributed by atoms with E-state index in [1.54, 1.807) is 32.0 Å². The largest absolute Gasteiger partial charge is 0.479 e. The molecule has 3 rings (SSSR count). The van der Waals surface area contributed by atoms with Gasteiger partial charge in [-0.05, 0) is 32.0 Å². The Morgan fingerprint density at radius 2 is 1.78 bits per heavy atom. The van der Waals surface area contributed by atoms with Crippen molar-refractivity contribution in [1.29, 1.82) is 0 Å². The molecule has 0 saturated heterocycles. The summed E-state index contributed by atoms with van der Waals surface area (Å²) in [5.74, 6) is -7.75. The third-order valence-corrected chi connectivity index (χ3v) is 4.19. The fourth-order valence-corrected chi connectivity index (χ4v) is 2.78. The maximum atomic E-state index is 13.6. The summed E-state index contributed by atoms with van der Waals surface area (Å²) in [4.78, 5) is 12.4. The van der Waals surface area contributed by atoms with Gasteiger partial charge in [0.05, 0.1) is 12.8 Å². The number of halogens is 4. The normalized spacial score (nSPS) is 11.0. The van der Waals surface area contributed by atoms with Crippen LogP contribution in [0.3, 0.4) is 0 Å². The highest BCUT2D eigenvalue weighted by Crippen LogP contribution is 2.27. The van der Waals surface area contributed by atoms with Crippen molar-refractivity contribution in [3.8, 4) is 5.75 Å². The molecule has 3 aromatic rings. The van der Waals surface area contributed by atoms with Crippen LogP contribution in [-0.4, -0.2) is 17.0 Å².